The fourth-order valence-corrected chi connectivity index (χ4v) is 3.12. The Bertz CT molecular complexity index is 570. The van der Waals surface area contributed by atoms with Crippen LogP contribution in [-0.2, 0) is 5.54 Å². The summed E-state index contributed by atoms with van der Waals surface area (Å²) in [4.78, 5) is 0. The van der Waals surface area contributed by atoms with Crippen LogP contribution in [0.4, 0.5) is 4.39 Å². The van der Waals surface area contributed by atoms with E-state index in [0.29, 0.717) is 11.3 Å². The Kier molecular flexibility index (Phi) is 3.13. The Labute approximate surface area is 112 Å². The van der Waals surface area contributed by atoms with Gasteiger partial charge in [0.25, 0.3) is 0 Å². The van der Waals surface area contributed by atoms with Crippen molar-refractivity contribution in [2.45, 2.75) is 44.6 Å². The third-order valence-corrected chi connectivity index (χ3v) is 4.36. The van der Waals surface area contributed by atoms with Gasteiger partial charge in [0.15, 0.2) is 0 Å². The van der Waals surface area contributed by atoms with Crippen LogP contribution in [0.2, 0.25) is 0 Å². The first-order valence-corrected chi connectivity index (χ1v) is 7.02. The molecule has 0 saturated heterocycles. The summed E-state index contributed by atoms with van der Waals surface area (Å²) in [5, 5.41) is 0. The molecular formula is C16H19FNO+. The Hall–Kier alpha value is -1.64. The maximum Gasteiger partial charge on any atom is 0.221 e. The number of hydrogen-bond donors (Lipinski definition) is 0. The van der Waals surface area contributed by atoms with Crippen molar-refractivity contribution in [3.63, 3.8) is 0 Å². The number of nitrogens with zero attached hydrogens (tertiary/aromatic N) is 1. The molecule has 1 heterocycles. The third kappa shape index (κ3) is 2.07. The van der Waals surface area contributed by atoms with Crippen LogP contribution in [0.3, 0.4) is 0 Å². The average molecular weight is 260 g/mol. The van der Waals surface area contributed by atoms with Crippen molar-refractivity contribution in [1.29, 1.82) is 0 Å². The zero-order valence-corrected chi connectivity index (χ0v) is 11.2. The van der Waals surface area contributed by atoms with Gasteiger partial charge in [-0.2, -0.15) is 0 Å². The summed E-state index contributed by atoms with van der Waals surface area (Å²) in [5.74, 6) is 0.374. The highest BCUT2D eigenvalue weighted by Crippen LogP contribution is 2.35. The Balaban J connectivity index is 1.98. The number of rotatable bonds is 3. The lowest BCUT2D eigenvalue weighted by Gasteiger charge is -2.16. The highest BCUT2D eigenvalue weighted by Gasteiger charge is 2.44. The van der Waals surface area contributed by atoms with Crippen LogP contribution in [0.25, 0.3) is 11.3 Å². The molecule has 3 rings (SSSR count). The number of benzene rings is 1. The van der Waals surface area contributed by atoms with Gasteiger partial charge in [-0.05, 0) is 29.7 Å². The second-order valence-corrected chi connectivity index (χ2v) is 5.36. The molecule has 1 fully saturated rings. The normalized spacial score (nSPS) is 17.8. The quantitative estimate of drug-likeness (QED) is 0.761. The fourth-order valence-electron chi connectivity index (χ4n) is 3.12. The molecule has 1 aromatic heterocycles. The van der Waals surface area contributed by atoms with E-state index in [0.717, 1.165) is 19.3 Å². The summed E-state index contributed by atoms with van der Waals surface area (Å²) in [7, 11) is 0. The molecule has 100 valence electrons. The number of halogens is 1. The van der Waals surface area contributed by atoms with Crippen LogP contribution in [0.15, 0.2) is 41.1 Å². The van der Waals surface area contributed by atoms with Crippen LogP contribution >= 0.6 is 0 Å². The van der Waals surface area contributed by atoms with Crippen LogP contribution in [0, 0.1) is 5.82 Å². The van der Waals surface area contributed by atoms with Crippen LogP contribution < -0.4 is 4.74 Å². The maximum atomic E-state index is 13.8. The first kappa shape index (κ1) is 12.4. The number of hydrogen-bond acceptors (Lipinski definition) is 1. The van der Waals surface area contributed by atoms with Crippen molar-refractivity contribution in [1.82, 2.24) is 0 Å². The average Bonchev–Trinajstić information content (AvgIpc) is 3.09. The van der Waals surface area contributed by atoms with Gasteiger partial charge in [0.1, 0.15) is 5.82 Å². The molecule has 1 saturated carbocycles. The van der Waals surface area contributed by atoms with Crippen LogP contribution in [-0.4, -0.2) is 0 Å². The molecule has 0 N–H and O–H groups in total. The summed E-state index contributed by atoms with van der Waals surface area (Å²) >= 11 is 0. The maximum absolute atomic E-state index is 13.8. The first-order valence-electron chi connectivity index (χ1n) is 7.02. The van der Waals surface area contributed by atoms with E-state index in [1.165, 1.54) is 18.9 Å². The van der Waals surface area contributed by atoms with Crippen molar-refractivity contribution in [2.75, 3.05) is 0 Å². The van der Waals surface area contributed by atoms with Crippen molar-refractivity contribution >= 4 is 0 Å². The zero-order chi connectivity index (χ0) is 13.3. The van der Waals surface area contributed by atoms with Crippen LogP contribution in [0.1, 0.15) is 39.0 Å². The predicted octanol–water partition coefficient (Wildman–Crippen LogP) is 4.05. The molecule has 0 unspecified atom stereocenters. The molecule has 0 radical (unpaired) electrons. The second-order valence-electron chi connectivity index (χ2n) is 5.36. The predicted molar refractivity (Wildman–Crippen MR) is 71.0 cm³/mol. The Morgan fingerprint density at radius 3 is 2.63 bits per heavy atom. The Morgan fingerprint density at radius 2 is 1.95 bits per heavy atom. The minimum atomic E-state index is -0.235. The number of aromatic nitrogens is 1. The molecule has 2 aromatic rings. The van der Waals surface area contributed by atoms with Crippen LogP contribution in [0.5, 0.6) is 0 Å². The summed E-state index contributed by atoms with van der Waals surface area (Å²) in [6.07, 6.45) is 7.81. The fraction of sp³-hybridized carbons (Fsp3) is 0.438. The summed E-state index contributed by atoms with van der Waals surface area (Å²) in [6.45, 7) is 2.20. The zero-order valence-electron chi connectivity index (χ0n) is 11.2. The SMILES string of the molecule is CCC1([n+]2ccc(-c3ccccc3F)o2)CCCC1. The van der Waals surface area contributed by atoms with E-state index >= 15 is 0 Å². The van der Waals surface area contributed by atoms with E-state index in [4.69, 9.17) is 4.52 Å². The summed E-state index contributed by atoms with van der Waals surface area (Å²) < 4.78 is 21.6. The topological polar surface area (TPSA) is 17.0 Å². The highest BCUT2D eigenvalue weighted by molar-refractivity contribution is 5.56. The van der Waals surface area contributed by atoms with E-state index in [-0.39, 0.29) is 11.4 Å². The van der Waals surface area contributed by atoms with Gasteiger partial charge in [-0.15, -0.1) is 0 Å². The molecule has 0 atom stereocenters. The van der Waals surface area contributed by atoms with Gasteiger partial charge in [0.05, 0.1) is 11.6 Å². The van der Waals surface area contributed by atoms with Gasteiger partial charge in [0, 0.05) is 19.3 Å². The monoisotopic (exact) mass is 260 g/mol. The largest absolute Gasteiger partial charge is 0.236 e. The van der Waals surface area contributed by atoms with Crippen molar-refractivity contribution in [3.05, 3.63) is 42.3 Å². The minimum Gasteiger partial charge on any atom is -0.236 e. The molecular weight excluding hydrogens is 241 g/mol. The van der Waals surface area contributed by atoms with E-state index in [9.17, 15) is 4.39 Å². The molecule has 1 aliphatic rings. The van der Waals surface area contributed by atoms with Crippen molar-refractivity contribution < 1.29 is 13.7 Å². The van der Waals surface area contributed by atoms with Gasteiger partial charge < -0.3 is 0 Å². The second kappa shape index (κ2) is 4.80. The molecule has 0 aliphatic heterocycles. The highest BCUT2D eigenvalue weighted by atomic mass is 19.1. The molecule has 1 aromatic carbocycles. The molecule has 2 nitrogen and oxygen atoms in total. The lowest BCUT2D eigenvalue weighted by Crippen LogP contribution is -2.52. The summed E-state index contributed by atoms with van der Waals surface area (Å²) in [6, 6.07) is 8.62. The van der Waals surface area contributed by atoms with Gasteiger partial charge in [-0.25, -0.2) is 8.91 Å². The van der Waals surface area contributed by atoms with E-state index in [2.05, 4.69) is 6.92 Å². The van der Waals surface area contributed by atoms with E-state index < -0.39 is 0 Å². The Morgan fingerprint density at radius 1 is 1.21 bits per heavy atom. The van der Waals surface area contributed by atoms with Gasteiger partial charge >= 0.3 is 0 Å². The van der Waals surface area contributed by atoms with E-state index in [1.807, 2.05) is 23.1 Å². The molecule has 1 aliphatic carbocycles. The van der Waals surface area contributed by atoms with Crippen molar-refractivity contribution in [3.8, 4) is 11.3 Å². The van der Waals surface area contributed by atoms with Crippen molar-refractivity contribution in [2.24, 2.45) is 0 Å². The molecule has 0 bridgehead atoms. The molecule has 19 heavy (non-hydrogen) atoms. The standard InChI is InChI=1S/C16H19FNO/c1-2-16(10-5-6-11-16)18-12-9-15(19-18)13-7-3-4-8-14(13)17/h3-4,7-9,12H,2,5-6,10-11H2,1H3/q+1. The lowest BCUT2D eigenvalue weighted by atomic mass is 9.95. The molecule has 0 amide bonds. The third-order valence-electron chi connectivity index (χ3n) is 4.36. The molecule has 0 spiro atoms. The van der Waals surface area contributed by atoms with Gasteiger partial charge in [-0.3, -0.25) is 0 Å². The summed E-state index contributed by atoms with van der Waals surface area (Å²) in [5.41, 5.74) is 0.634. The van der Waals surface area contributed by atoms with E-state index in [1.54, 1.807) is 12.1 Å². The minimum absolute atomic E-state index is 0.101. The first-order chi connectivity index (χ1) is 9.25. The lowest BCUT2D eigenvalue weighted by molar-refractivity contribution is -0.912. The smallest absolute Gasteiger partial charge is 0.221 e. The molecule has 3 heteroatoms. The van der Waals surface area contributed by atoms with Gasteiger partial charge in [-0.1, -0.05) is 19.1 Å². The van der Waals surface area contributed by atoms with Gasteiger partial charge in [0.2, 0.25) is 17.5 Å².